The van der Waals surface area contributed by atoms with E-state index in [0.717, 1.165) is 38.8 Å². The fourth-order valence-corrected chi connectivity index (χ4v) is 4.65. The topological polar surface area (TPSA) is 55.8 Å². The van der Waals surface area contributed by atoms with E-state index in [9.17, 15) is 9.90 Å². The molecule has 2 heterocycles. The summed E-state index contributed by atoms with van der Waals surface area (Å²) >= 11 is 0. The van der Waals surface area contributed by atoms with Gasteiger partial charge in [0.1, 0.15) is 5.54 Å². The highest BCUT2D eigenvalue weighted by Crippen LogP contribution is 2.33. The minimum absolute atomic E-state index is 0.433. The fourth-order valence-electron chi connectivity index (χ4n) is 4.65. The van der Waals surface area contributed by atoms with Crippen LogP contribution >= 0.6 is 0 Å². The van der Waals surface area contributed by atoms with Gasteiger partial charge in [-0.15, -0.1) is 0 Å². The van der Waals surface area contributed by atoms with Crippen LogP contribution in [-0.2, 0) is 4.79 Å². The molecule has 3 atom stereocenters. The molecule has 0 spiro atoms. The van der Waals surface area contributed by atoms with E-state index in [1.54, 1.807) is 7.05 Å². The molecule has 0 aromatic heterocycles. The molecular formula is C16H29N3O2. The number of likely N-dealkylation sites (N-methyl/N-ethyl adjacent to an activating group) is 1. The zero-order valence-corrected chi connectivity index (χ0v) is 13.2. The van der Waals surface area contributed by atoms with Crippen LogP contribution in [0, 0.1) is 0 Å². The number of carbonyl (C=O) groups is 1. The molecule has 1 saturated carbocycles. The van der Waals surface area contributed by atoms with E-state index in [4.69, 9.17) is 0 Å². The molecule has 2 aliphatic heterocycles. The SMILES string of the molecule is CNC1(C(=O)O)CCCC(N2CCCN3CCCC3C2)C1. The molecule has 5 heteroatoms. The highest BCUT2D eigenvalue weighted by Gasteiger charge is 2.44. The Hall–Kier alpha value is -0.650. The molecule has 3 rings (SSSR count). The van der Waals surface area contributed by atoms with Gasteiger partial charge in [-0.1, -0.05) is 0 Å². The molecule has 2 N–H and O–H groups in total. The molecule has 3 fully saturated rings. The van der Waals surface area contributed by atoms with Gasteiger partial charge in [-0.25, -0.2) is 0 Å². The van der Waals surface area contributed by atoms with Crippen molar-refractivity contribution >= 4 is 5.97 Å². The largest absolute Gasteiger partial charge is 0.480 e. The third-order valence-electron chi connectivity index (χ3n) is 5.96. The molecule has 5 nitrogen and oxygen atoms in total. The number of hydrogen-bond acceptors (Lipinski definition) is 4. The van der Waals surface area contributed by atoms with E-state index in [1.165, 1.54) is 32.4 Å². The number of nitrogens with one attached hydrogen (secondary N) is 1. The summed E-state index contributed by atoms with van der Waals surface area (Å²) in [5.41, 5.74) is -0.704. The van der Waals surface area contributed by atoms with Crippen LogP contribution in [0.5, 0.6) is 0 Å². The fraction of sp³-hybridized carbons (Fsp3) is 0.938. The van der Waals surface area contributed by atoms with Gasteiger partial charge in [0.25, 0.3) is 0 Å². The van der Waals surface area contributed by atoms with E-state index in [1.807, 2.05) is 0 Å². The Balaban J connectivity index is 1.69. The zero-order chi connectivity index (χ0) is 14.9. The molecule has 3 aliphatic rings. The molecule has 0 aromatic carbocycles. The summed E-state index contributed by atoms with van der Waals surface area (Å²) in [4.78, 5) is 16.9. The predicted molar refractivity (Wildman–Crippen MR) is 82.5 cm³/mol. The summed E-state index contributed by atoms with van der Waals surface area (Å²) in [5, 5.41) is 12.7. The lowest BCUT2D eigenvalue weighted by molar-refractivity contribution is -0.147. The third kappa shape index (κ3) is 2.96. The van der Waals surface area contributed by atoms with E-state index in [0.29, 0.717) is 12.1 Å². The number of hydrogen-bond donors (Lipinski definition) is 2. The quantitative estimate of drug-likeness (QED) is 0.818. The standard InChI is InChI=1S/C16H29N3O2/c1-17-16(15(20)21)7-2-5-13(11-16)19-10-4-9-18-8-3-6-14(18)12-19/h13-14,17H,2-12H2,1H3,(H,20,21). The predicted octanol–water partition coefficient (Wildman–Crippen LogP) is 1.14. The Labute approximate surface area is 127 Å². The van der Waals surface area contributed by atoms with Gasteiger partial charge in [-0.3, -0.25) is 14.6 Å². The first kappa shape index (κ1) is 15.3. The van der Waals surface area contributed by atoms with Gasteiger partial charge < -0.3 is 10.4 Å². The second kappa shape index (κ2) is 6.23. The molecule has 1 aliphatic carbocycles. The monoisotopic (exact) mass is 295 g/mol. The van der Waals surface area contributed by atoms with Crippen LogP contribution in [0.25, 0.3) is 0 Å². The number of carboxylic acids is 1. The van der Waals surface area contributed by atoms with Crippen LogP contribution in [0.1, 0.15) is 44.9 Å². The maximum atomic E-state index is 11.7. The average molecular weight is 295 g/mol. The lowest BCUT2D eigenvalue weighted by atomic mass is 9.78. The summed E-state index contributed by atoms with van der Waals surface area (Å²) in [6, 6.07) is 1.14. The van der Waals surface area contributed by atoms with Gasteiger partial charge >= 0.3 is 5.97 Å². The van der Waals surface area contributed by atoms with Crippen molar-refractivity contribution in [3.8, 4) is 0 Å². The first-order valence-electron chi connectivity index (χ1n) is 8.55. The summed E-state index contributed by atoms with van der Waals surface area (Å²) in [7, 11) is 1.80. The summed E-state index contributed by atoms with van der Waals surface area (Å²) in [6.07, 6.45) is 7.57. The number of carboxylic acid groups (broad SMARTS) is 1. The van der Waals surface area contributed by atoms with Crippen LogP contribution in [0.4, 0.5) is 0 Å². The van der Waals surface area contributed by atoms with Crippen molar-refractivity contribution in [2.75, 3.05) is 33.2 Å². The minimum atomic E-state index is -0.704. The molecule has 21 heavy (non-hydrogen) atoms. The number of fused-ring (bicyclic) bond motifs is 1. The smallest absolute Gasteiger partial charge is 0.323 e. The minimum Gasteiger partial charge on any atom is -0.480 e. The second-order valence-electron chi connectivity index (χ2n) is 7.07. The number of aliphatic carboxylic acids is 1. The third-order valence-corrected chi connectivity index (χ3v) is 5.96. The zero-order valence-electron chi connectivity index (χ0n) is 13.2. The second-order valence-corrected chi connectivity index (χ2v) is 7.07. The Morgan fingerprint density at radius 1 is 1.10 bits per heavy atom. The maximum absolute atomic E-state index is 11.7. The van der Waals surface area contributed by atoms with Crippen LogP contribution in [-0.4, -0.2) is 71.7 Å². The van der Waals surface area contributed by atoms with Gasteiger partial charge in [0.15, 0.2) is 0 Å². The molecule has 0 bridgehead atoms. The molecule has 0 radical (unpaired) electrons. The van der Waals surface area contributed by atoms with Crippen molar-refractivity contribution in [3.05, 3.63) is 0 Å². The van der Waals surface area contributed by atoms with Gasteiger partial charge in [-0.2, -0.15) is 0 Å². The van der Waals surface area contributed by atoms with Crippen LogP contribution in [0.3, 0.4) is 0 Å². The Morgan fingerprint density at radius 3 is 2.57 bits per heavy atom. The van der Waals surface area contributed by atoms with Crippen molar-refractivity contribution in [2.45, 2.75) is 62.6 Å². The van der Waals surface area contributed by atoms with Crippen molar-refractivity contribution in [2.24, 2.45) is 0 Å². The van der Waals surface area contributed by atoms with E-state index < -0.39 is 11.5 Å². The van der Waals surface area contributed by atoms with Crippen LogP contribution < -0.4 is 5.32 Å². The molecular weight excluding hydrogens is 266 g/mol. The van der Waals surface area contributed by atoms with E-state index >= 15 is 0 Å². The first-order chi connectivity index (χ1) is 10.1. The highest BCUT2D eigenvalue weighted by atomic mass is 16.4. The van der Waals surface area contributed by atoms with Crippen LogP contribution in [0.2, 0.25) is 0 Å². The van der Waals surface area contributed by atoms with Crippen molar-refractivity contribution in [1.82, 2.24) is 15.1 Å². The molecule has 2 saturated heterocycles. The highest BCUT2D eigenvalue weighted by molar-refractivity contribution is 5.79. The number of rotatable bonds is 3. The van der Waals surface area contributed by atoms with Gasteiger partial charge in [0.2, 0.25) is 0 Å². The van der Waals surface area contributed by atoms with E-state index in [-0.39, 0.29) is 0 Å². The van der Waals surface area contributed by atoms with E-state index in [2.05, 4.69) is 15.1 Å². The van der Waals surface area contributed by atoms with Crippen molar-refractivity contribution in [1.29, 1.82) is 0 Å². The van der Waals surface area contributed by atoms with Gasteiger partial charge in [0.05, 0.1) is 0 Å². The van der Waals surface area contributed by atoms with Crippen molar-refractivity contribution in [3.63, 3.8) is 0 Å². The lowest BCUT2D eigenvalue weighted by Crippen LogP contribution is -2.57. The normalized spacial score (nSPS) is 38.9. The maximum Gasteiger partial charge on any atom is 0.323 e. The Kier molecular flexibility index (Phi) is 4.52. The molecule has 0 aromatic rings. The Morgan fingerprint density at radius 2 is 1.81 bits per heavy atom. The van der Waals surface area contributed by atoms with Crippen LogP contribution in [0.15, 0.2) is 0 Å². The molecule has 3 unspecified atom stereocenters. The van der Waals surface area contributed by atoms with Gasteiger partial charge in [-0.05, 0) is 71.6 Å². The number of nitrogens with zero attached hydrogens (tertiary/aromatic N) is 2. The Bertz CT molecular complexity index is 390. The molecule has 0 amide bonds. The summed E-state index contributed by atoms with van der Waals surface area (Å²) in [6.45, 7) is 4.77. The lowest BCUT2D eigenvalue weighted by Gasteiger charge is -2.42. The summed E-state index contributed by atoms with van der Waals surface area (Å²) in [5.74, 6) is -0.674. The van der Waals surface area contributed by atoms with Gasteiger partial charge in [0, 0.05) is 18.6 Å². The average Bonchev–Trinajstić information content (AvgIpc) is 2.84. The molecule has 120 valence electrons. The van der Waals surface area contributed by atoms with Crippen molar-refractivity contribution < 1.29 is 9.90 Å². The summed E-state index contributed by atoms with van der Waals surface area (Å²) < 4.78 is 0. The first-order valence-corrected chi connectivity index (χ1v) is 8.55.